The van der Waals surface area contributed by atoms with Crippen molar-refractivity contribution in [2.75, 3.05) is 36.5 Å². The van der Waals surface area contributed by atoms with Gasteiger partial charge in [-0.25, -0.2) is 0 Å². The fourth-order valence-corrected chi connectivity index (χ4v) is 9.99. The van der Waals surface area contributed by atoms with E-state index in [9.17, 15) is 19.5 Å². The van der Waals surface area contributed by atoms with E-state index in [1.165, 1.54) is 0 Å². The minimum Gasteiger partial charge on any atom is -0.396 e. The van der Waals surface area contributed by atoms with Gasteiger partial charge in [0.05, 0.1) is 16.6 Å². The second kappa shape index (κ2) is 13.7. The number of nitrogens with zero attached hydrogens (tertiary/aromatic N) is 2. The third-order valence-corrected chi connectivity index (χ3v) is 11.8. The Balaban J connectivity index is 1.39. The Morgan fingerprint density at radius 1 is 1.00 bits per heavy atom. The number of anilines is 2. The quantitative estimate of drug-likeness (QED) is 0.270. The summed E-state index contributed by atoms with van der Waals surface area (Å²) in [4.78, 5) is 46.3. The van der Waals surface area contributed by atoms with Crippen LogP contribution < -0.4 is 15.5 Å². The molecule has 3 heterocycles. The van der Waals surface area contributed by atoms with Gasteiger partial charge in [-0.05, 0) is 68.9 Å². The molecule has 3 saturated heterocycles. The van der Waals surface area contributed by atoms with Gasteiger partial charge in [0.25, 0.3) is 0 Å². The van der Waals surface area contributed by atoms with Crippen LogP contribution >= 0.6 is 11.8 Å². The zero-order valence-corrected chi connectivity index (χ0v) is 26.4. The first-order valence-corrected chi connectivity index (χ1v) is 16.8. The van der Waals surface area contributed by atoms with Crippen molar-refractivity contribution >= 4 is 40.9 Å². The van der Waals surface area contributed by atoms with Gasteiger partial charge in [-0.1, -0.05) is 50.1 Å². The van der Waals surface area contributed by atoms with Crippen LogP contribution in [0.1, 0.15) is 58.4 Å². The number of hydrogen-bond acceptors (Lipinski definition) is 6. The van der Waals surface area contributed by atoms with Crippen molar-refractivity contribution in [1.29, 1.82) is 0 Å². The van der Waals surface area contributed by atoms with Crippen molar-refractivity contribution in [2.24, 2.45) is 17.8 Å². The lowest BCUT2D eigenvalue weighted by atomic mass is 9.66. The van der Waals surface area contributed by atoms with Crippen molar-refractivity contribution in [3.63, 3.8) is 0 Å². The Kier molecular flexibility index (Phi) is 10.0. The summed E-state index contributed by atoms with van der Waals surface area (Å²) in [5.41, 5.74) is 2.82. The standard InChI is InChI=1S/C34H46N4O4S/c1-4-37(5-2)26-17-15-25(16-18-26)36-32(41)30-34-23(3)21-27(43-34)28(31(40)35-22-24-13-9-8-10-14-24)29(34)33(42)38(30)19-11-6-7-12-20-39/h8-10,13-18,23,27-30,39H,4-7,11-12,19-22H2,1-3H3,(H,35,40)(H,36,41)/t23?,27-,28+,29-,30?,34?/m0/s1. The summed E-state index contributed by atoms with van der Waals surface area (Å²) in [6.45, 7) is 9.23. The maximum atomic E-state index is 14.3. The molecule has 3 unspecified atom stereocenters. The summed E-state index contributed by atoms with van der Waals surface area (Å²) < 4.78 is -0.646. The van der Waals surface area contributed by atoms with Gasteiger partial charge < -0.3 is 25.5 Å². The van der Waals surface area contributed by atoms with E-state index in [4.69, 9.17) is 0 Å². The van der Waals surface area contributed by atoms with Crippen LogP contribution in [-0.4, -0.2) is 70.0 Å². The van der Waals surface area contributed by atoms with E-state index in [-0.39, 0.29) is 35.5 Å². The number of carbonyl (C=O) groups is 3. The molecule has 3 fully saturated rings. The maximum Gasteiger partial charge on any atom is 0.248 e. The number of fused-ring (bicyclic) bond motifs is 1. The molecule has 0 saturated carbocycles. The van der Waals surface area contributed by atoms with Gasteiger partial charge in [0.15, 0.2) is 0 Å². The Labute approximate surface area is 260 Å². The van der Waals surface area contributed by atoms with E-state index in [2.05, 4.69) is 36.3 Å². The zero-order valence-electron chi connectivity index (χ0n) is 25.6. The highest BCUT2D eigenvalue weighted by Gasteiger charge is 2.75. The third kappa shape index (κ3) is 6.03. The van der Waals surface area contributed by atoms with Gasteiger partial charge in [-0.2, -0.15) is 0 Å². The molecule has 0 aliphatic carbocycles. The zero-order chi connectivity index (χ0) is 30.6. The Morgan fingerprint density at radius 2 is 1.70 bits per heavy atom. The number of nitrogens with one attached hydrogen (secondary N) is 2. The Morgan fingerprint density at radius 3 is 2.37 bits per heavy atom. The average Bonchev–Trinajstić information content (AvgIpc) is 3.61. The van der Waals surface area contributed by atoms with Gasteiger partial charge in [0.1, 0.15) is 6.04 Å². The molecule has 1 spiro atoms. The average molecular weight is 607 g/mol. The van der Waals surface area contributed by atoms with E-state index >= 15 is 0 Å². The summed E-state index contributed by atoms with van der Waals surface area (Å²) in [6, 6.07) is 17.1. The Hall–Kier alpha value is -3.04. The molecule has 8 nitrogen and oxygen atoms in total. The predicted octanol–water partition coefficient (Wildman–Crippen LogP) is 4.68. The number of unbranched alkanes of at least 4 members (excludes halogenated alkanes) is 3. The number of aliphatic hydroxyl groups is 1. The highest BCUT2D eigenvalue weighted by atomic mass is 32.2. The molecular weight excluding hydrogens is 560 g/mol. The summed E-state index contributed by atoms with van der Waals surface area (Å²) in [5.74, 6) is -1.20. The largest absolute Gasteiger partial charge is 0.396 e. The van der Waals surface area contributed by atoms with Crippen LogP contribution in [-0.2, 0) is 20.9 Å². The first kappa shape index (κ1) is 31.4. The molecule has 2 aromatic rings. The fourth-order valence-electron chi connectivity index (χ4n) is 7.57. The van der Waals surface area contributed by atoms with Crippen molar-refractivity contribution < 1.29 is 19.5 Å². The number of thioether (sulfide) groups is 1. The molecule has 3 aliphatic heterocycles. The number of rotatable bonds is 14. The molecule has 9 heteroatoms. The maximum absolute atomic E-state index is 14.3. The van der Waals surface area contributed by atoms with Gasteiger partial charge in [0.2, 0.25) is 17.7 Å². The lowest BCUT2D eigenvalue weighted by Crippen LogP contribution is -2.55. The predicted molar refractivity (Wildman–Crippen MR) is 173 cm³/mol. The molecule has 0 aromatic heterocycles. The summed E-state index contributed by atoms with van der Waals surface area (Å²) in [6.07, 6.45) is 4.04. The van der Waals surface area contributed by atoms with E-state index in [0.29, 0.717) is 18.8 Å². The molecule has 2 aromatic carbocycles. The van der Waals surface area contributed by atoms with E-state index in [1.807, 2.05) is 54.6 Å². The van der Waals surface area contributed by atoms with Gasteiger partial charge in [-0.3, -0.25) is 14.4 Å². The van der Waals surface area contributed by atoms with Crippen LogP contribution in [0.5, 0.6) is 0 Å². The molecular formula is C34H46N4O4S. The minimum atomic E-state index is -0.651. The Bertz CT molecular complexity index is 1270. The van der Waals surface area contributed by atoms with Crippen LogP contribution in [0.4, 0.5) is 11.4 Å². The smallest absolute Gasteiger partial charge is 0.248 e. The SMILES string of the molecule is CCN(CC)c1ccc(NC(=O)C2N(CCCCCCO)C(=O)[C@@H]3[C@H](C(=O)NCc4ccccc4)[C@@H]4CC(C)C23S4)cc1. The molecule has 43 heavy (non-hydrogen) atoms. The normalized spacial score (nSPS) is 27.3. The number of carbonyl (C=O) groups excluding carboxylic acids is 3. The van der Waals surface area contributed by atoms with Gasteiger partial charge in [-0.15, -0.1) is 11.8 Å². The molecule has 3 amide bonds. The summed E-state index contributed by atoms with van der Waals surface area (Å²) >= 11 is 1.71. The number of hydrogen-bond donors (Lipinski definition) is 3. The second-order valence-corrected chi connectivity index (χ2v) is 13.7. The first-order valence-electron chi connectivity index (χ1n) is 15.9. The second-order valence-electron chi connectivity index (χ2n) is 12.1. The van der Waals surface area contributed by atoms with Crippen molar-refractivity contribution in [1.82, 2.24) is 10.2 Å². The van der Waals surface area contributed by atoms with Gasteiger partial charge >= 0.3 is 0 Å². The lowest BCUT2D eigenvalue weighted by Gasteiger charge is -2.38. The van der Waals surface area contributed by atoms with Crippen LogP contribution in [0.2, 0.25) is 0 Å². The van der Waals surface area contributed by atoms with Crippen molar-refractivity contribution in [3.8, 4) is 0 Å². The van der Waals surface area contributed by atoms with E-state index in [1.54, 1.807) is 16.7 Å². The number of amides is 3. The van der Waals surface area contributed by atoms with Crippen molar-refractivity contribution in [2.45, 2.75) is 75.5 Å². The molecule has 3 aliphatic rings. The van der Waals surface area contributed by atoms with Gasteiger partial charge in [0, 0.05) is 49.4 Å². The monoisotopic (exact) mass is 606 g/mol. The van der Waals surface area contributed by atoms with Crippen LogP contribution in [0.3, 0.4) is 0 Å². The molecule has 6 atom stereocenters. The summed E-state index contributed by atoms with van der Waals surface area (Å²) in [7, 11) is 0. The third-order valence-electron chi connectivity index (χ3n) is 9.68. The fraction of sp³-hybridized carbons (Fsp3) is 0.559. The number of aliphatic hydroxyl groups excluding tert-OH is 1. The van der Waals surface area contributed by atoms with Crippen molar-refractivity contribution in [3.05, 3.63) is 60.2 Å². The molecule has 2 bridgehead atoms. The molecule has 3 N–H and O–H groups in total. The topological polar surface area (TPSA) is 102 Å². The van der Waals surface area contributed by atoms with E-state index < -0.39 is 22.6 Å². The number of benzene rings is 2. The van der Waals surface area contributed by atoms with Crippen LogP contribution in [0, 0.1) is 17.8 Å². The van der Waals surface area contributed by atoms with Crippen LogP contribution in [0.15, 0.2) is 54.6 Å². The molecule has 232 valence electrons. The molecule has 5 rings (SSSR count). The number of likely N-dealkylation sites (tertiary alicyclic amines) is 1. The van der Waals surface area contributed by atoms with E-state index in [0.717, 1.165) is 56.4 Å². The summed E-state index contributed by atoms with van der Waals surface area (Å²) in [5, 5.41) is 15.5. The van der Waals surface area contributed by atoms with Crippen LogP contribution in [0.25, 0.3) is 0 Å². The lowest BCUT2D eigenvalue weighted by molar-refractivity contribution is -0.139. The molecule has 0 radical (unpaired) electrons. The highest BCUT2D eigenvalue weighted by Crippen LogP contribution is 2.68. The first-order chi connectivity index (χ1) is 20.8. The highest BCUT2D eigenvalue weighted by molar-refractivity contribution is 8.02. The minimum absolute atomic E-state index is 0.00933.